The van der Waals surface area contributed by atoms with Crippen LogP contribution in [0.1, 0.15) is 45.4 Å². The minimum absolute atomic E-state index is 0.215. The Labute approximate surface area is 92.2 Å². The fourth-order valence-electron chi connectivity index (χ4n) is 2.93. The monoisotopic (exact) mass is 210 g/mol. The van der Waals surface area contributed by atoms with Crippen LogP contribution in [0.2, 0.25) is 0 Å². The highest BCUT2D eigenvalue weighted by molar-refractivity contribution is 5.75. The van der Waals surface area contributed by atoms with E-state index in [1.54, 1.807) is 0 Å². The van der Waals surface area contributed by atoms with Crippen LogP contribution in [-0.4, -0.2) is 36.0 Å². The first kappa shape index (κ1) is 10.9. The SMILES string of the molecule is CCC(=O)N[C@H]1CCCN2CCCC[C@@H]12. The zero-order valence-corrected chi connectivity index (χ0v) is 9.67. The van der Waals surface area contributed by atoms with Crippen molar-refractivity contribution in [3.63, 3.8) is 0 Å². The molecular weight excluding hydrogens is 188 g/mol. The van der Waals surface area contributed by atoms with Crippen molar-refractivity contribution >= 4 is 5.91 Å². The second kappa shape index (κ2) is 4.97. The van der Waals surface area contributed by atoms with Gasteiger partial charge in [0.2, 0.25) is 5.91 Å². The Kier molecular flexibility index (Phi) is 3.62. The van der Waals surface area contributed by atoms with E-state index in [1.807, 2.05) is 6.92 Å². The molecule has 15 heavy (non-hydrogen) atoms. The predicted molar refractivity (Wildman–Crippen MR) is 60.7 cm³/mol. The molecule has 0 radical (unpaired) electrons. The quantitative estimate of drug-likeness (QED) is 0.749. The molecule has 86 valence electrons. The number of nitrogens with zero attached hydrogens (tertiary/aromatic N) is 1. The summed E-state index contributed by atoms with van der Waals surface area (Å²) in [6.07, 6.45) is 6.97. The molecule has 2 aliphatic heterocycles. The van der Waals surface area contributed by atoms with Crippen LogP contribution in [0.15, 0.2) is 0 Å². The molecule has 0 aromatic heterocycles. The van der Waals surface area contributed by atoms with Crippen LogP contribution in [0.25, 0.3) is 0 Å². The molecule has 0 aliphatic carbocycles. The summed E-state index contributed by atoms with van der Waals surface area (Å²) in [5.74, 6) is 0.215. The van der Waals surface area contributed by atoms with Gasteiger partial charge < -0.3 is 5.32 Å². The topological polar surface area (TPSA) is 32.3 Å². The van der Waals surface area contributed by atoms with E-state index in [-0.39, 0.29) is 5.91 Å². The van der Waals surface area contributed by atoms with E-state index in [2.05, 4.69) is 10.2 Å². The van der Waals surface area contributed by atoms with Crippen LogP contribution in [0.5, 0.6) is 0 Å². The lowest BCUT2D eigenvalue weighted by atomic mass is 9.89. The highest BCUT2D eigenvalue weighted by Gasteiger charge is 2.33. The van der Waals surface area contributed by atoms with E-state index >= 15 is 0 Å². The van der Waals surface area contributed by atoms with Crippen molar-refractivity contribution in [3.8, 4) is 0 Å². The standard InChI is InChI=1S/C12H22N2O/c1-2-12(15)13-10-6-5-9-14-8-4-3-7-11(10)14/h10-11H,2-9H2,1H3,(H,13,15)/t10-,11-/m0/s1. The number of hydrogen-bond acceptors (Lipinski definition) is 2. The maximum absolute atomic E-state index is 11.4. The van der Waals surface area contributed by atoms with Crippen molar-refractivity contribution in [2.75, 3.05) is 13.1 Å². The summed E-state index contributed by atoms with van der Waals surface area (Å²) in [7, 11) is 0. The maximum atomic E-state index is 11.4. The summed E-state index contributed by atoms with van der Waals surface area (Å²) in [4.78, 5) is 14.0. The van der Waals surface area contributed by atoms with Crippen molar-refractivity contribution in [2.45, 2.75) is 57.5 Å². The zero-order valence-electron chi connectivity index (χ0n) is 9.67. The van der Waals surface area contributed by atoms with Crippen LogP contribution in [0.3, 0.4) is 0 Å². The Morgan fingerprint density at radius 2 is 2.07 bits per heavy atom. The third-order valence-electron chi connectivity index (χ3n) is 3.76. The number of amides is 1. The highest BCUT2D eigenvalue weighted by atomic mass is 16.1. The predicted octanol–water partition coefficient (Wildman–Crippen LogP) is 1.53. The van der Waals surface area contributed by atoms with Crippen LogP contribution in [0.4, 0.5) is 0 Å². The Bertz CT molecular complexity index is 228. The van der Waals surface area contributed by atoms with Gasteiger partial charge >= 0.3 is 0 Å². The van der Waals surface area contributed by atoms with Crippen molar-refractivity contribution in [3.05, 3.63) is 0 Å². The average molecular weight is 210 g/mol. The second-order valence-electron chi connectivity index (χ2n) is 4.77. The molecule has 0 aromatic rings. The van der Waals surface area contributed by atoms with Crippen LogP contribution in [-0.2, 0) is 4.79 Å². The minimum atomic E-state index is 0.215. The fraction of sp³-hybridized carbons (Fsp3) is 0.917. The van der Waals surface area contributed by atoms with Crippen LogP contribution < -0.4 is 5.32 Å². The molecule has 2 aliphatic rings. The first-order valence-electron chi connectivity index (χ1n) is 6.34. The number of fused-ring (bicyclic) bond motifs is 1. The molecule has 3 heteroatoms. The van der Waals surface area contributed by atoms with E-state index in [0.717, 1.165) is 0 Å². The van der Waals surface area contributed by atoms with Gasteiger partial charge in [-0.3, -0.25) is 9.69 Å². The summed E-state index contributed by atoms with van der Waals surface area (Å²) in [6, 6.07) is 1.05. The Morgan fingerprint density at radius 1 is 1.27 bits per heavy atom. The lowest BCUT2D eigenvalue weighted by molar-refractivity contribution is -0.122. The van der Waals surface area contributed by atoms with Crippen LogP contribution in [0, 0.1) is 0 Å². The molecule has 2 atom stereocenters. The molecule has 1 amide bonds. The van der Waals surface area contributed by atoms with E-state index in [0.29, 0.717) is 18.5 Å². The number of rotatable bonds is 2. The van der Waals surface area contributed by atoms with Gasteiger partial charge in [0.05, 0.1) is 0 Å². The number of piperidine rings is 2. The summed E-state index contributed by atoms with van der Waals surface area (Å²) in [6.45, 7) is 4.41. The Balaban J connectivity index is 1.94. The van der Waals surface area contributed by atoms with Crippen molar-refractivity contribution < 1.29 is 4.79 Å². The van der Waals surface area contributed by atoms with Gasteiger partial charge in [-0.2, -0.15) is 0 Å². The molecular formula is C12H22N2O. The van der Waals surface area contributed by atoms with Gasteiger partial charge in [0.15, 0.2) is 0 Å². The minimum Gasteiger partial charge on any atom is -0.352 e. The Hall–Kier alpha value is -0.570. The number of carbonyl (C=O) groups excluding carboxylic acids is 1. The molecule has 0 saturated carbocycles. The Morgan fingerprint density at radius 3 is 2.87 bits per heavy atom. The van der Waals surface area contributed by atoms with Crippen molar-refractivity contribution in [2.24, 2.45) is 0 Å². The van der Waals surface area contributed by atoms with Gasteiger partial charge in [0.1, 0.15) is 0 Å². The van der Waals surface area contributed by atoms with Crippen molar-refractivity contribution in [1.82, 2.24) is 10.2 Å². The average Bonchev–Trinajstić information content (AvgIpc) is 2.29. The second-order valence-corrected chi connectivity index (χ2v) is 4.77. The lowest BCUT2D eigenvalue weighted by Crippen LogP contribution is -2.56. The van der Waals surface area contributed by atoms with E-state index in [1.165, 1.54) is 45.2 Å². The molecule has 0 aromatic carbocycles. The number of carbonyl (C=O) groups is 1. The molecule has 2 rings (SSSR count). The zero-order chi connectivity index (χ0) is 10.7. The molecule has 0 bridgehead atoms. The normalized spacial score (nSPS) is 32.1. The van der Waals surface area contributed by atoms with Crippen molar-refractivity contribution in [1.29, 1.82) is 0 Å². The smallest absolute Gasteiger partial charge is 0.219 e. The number of hydrogen-bond donors (Lipinski definition) is 1. The molecule has 2 saturated heterocycles. The first-order valence-corrected chi connectivity index (χ1v) is 6.34. The van der Waals surface area contributed by atoms with Crippen LogP contribution >= 0.6 is 0 Å². The highest BCUT2D eigenvalue weighted by Crippen LogP contribution is 2.26. The largest absolute Gasteiger partial charge is 0.352 e. The molecule has 2 heterocycles. The van der Waals surface area contributed by atoms with Gasteiger partial charge in [-0.25, -0.2) is 0 Å². The lowest BCUT2D eigenvalue weighted by Gasteiger charge is -2.44. The molecule has 0 unspecified atom stereocenters. The third-order valence-corrected chi connectivity index (χ3v) is 3.76. The number of nitrogens with one attached hydrogen (secondary N) is 1. The van der Waals surface area contributed by atoms with E-state index in [4.69, 9.17) is 0 Å². The third kappa shape index (κ3) is 2.51. The maximum Gasteiger partial charge on any atom is 0.219 e. The molecule has 3 nitrogen and oxygen atoms in total. The first-order chi connectivity index (χ1) is 7.31. The summed E-state index contributed by atoms with van der Waals surface area (Å²) in [5, 5.41) is 3.19. The van der Waals surface area contributed by atoms with E-state index < -0.39 is 0 Å². The summed E-state index contributed by atoms with van der Waals surface area (Å²) < 4.78 is 0. The van der Waals surface area contributed by atoms with E-state index in [9.17, 15) is 4.79 Å². The molecule has 1 N–H and O–H groups in total. The summed E-state index contributed by atoms with van der Waals surface area (Å²) >= 11 is 0. The van der Waals surface area contributed by atoms with Gasteiger partial charge in [0, 0.05) is 18.5 Å². The molecule has 2 fully saturated rings. The van der Waals surface area contributed by atoms with Gasteiger partial charge in [0.25, 0.3) is 0 Å². The summed E-state index contributed by atoms with van der Waals surface area (Å²) in [5.41, 5.74) is 0. The van der Waals surface area contributed by atoms with Gasteiger partial charge in [-0.05, 0) is 38.8 Å². The van der Waals surface area contributed by atoms with Gasteiger partial charge in [-0.15, -0.1) is 0 Å². The fourth-order valence-corrected chi connectivity index (χ4v) is 2.93. The molecule has 0 spiro atoms. The van der Waals surface area contributed by atoms with Gasteiger partial charge in [-0.1, -0.05) is 13.3 Å².